The molecule has 1 aromatic carbocycles. The third kappa shape index (κ3) is 3.78. The van der Waals surface area contributed by atoms with Crippen molar-refractivity contribution in [2.24, 2.45) is 5.73 Å². The normalized spacial score (nSPS) is 11.2. The quantitative estimate of drug-likeness (QED) is 0.757. The van der Waals surface area contributed by atoms with Crippen molar-refractivity contribution in [3.8, 4) is 11.8 Å². The monoisotopic (exact) mass is 282 g/mol. The van der Waals surface area contributed by atoms with Crippen LogP contribution in [-0.2, 0) is 10.0 Å². The van der Waals surface area contributed by atoms with Gasteiger partial charge < -0.3 is 10.8 Å². The Morgan fingerprint density at radius 2 is 2.11 bits per heavy atom. The highest BCUT2D eigenvalue weighted by molar-refractivity contribution is 7.89. The van der Waals surface area contributed by atoms with Gasteiger partial charge in [-0.05, 0) is 30.7 Å². The van der Waals surface area contributed by atoms with Crippen LogP contribution in [0.2, 0.25) is 0 Å². The first-order valence-electron chi connectivity index (χ1n) is 5.80. The number of likely N-dealkylation sites (N-methyl/N-ethyl adjacent to an activating group) is 1. The molecule has 0 aromatic heterocycles. The van der Waals surface area contributed by atoms with Crippen LogP contribution in [0.5, 0.6) is 0 Å². The molecule has 0 bridgehead atoms. The number of rotatable bonds is 4. The van der Waals surface area contributed by atoms with Crippen LogP contribution in [-0.4, -0.2) is 44.6 Å². The summed E-state index contributed by atoms with van der Waals surface area (Å²) < 4.78 is 25.4. The van der Waals surface area contributed by atoms with E-state index in [1.54, 1.807) is 19.1 Å². The van der Waals surface area contributed by atoms with Crippen LogP contribution in [0.25, 0.3) is 0 Å². The van der Waals surface area contributed by atoms with E-state index in [-0.39, 0.29) is 24.6 Å². The van der Waals surface area contributed by atoms with E-state index < -0.39 is 10.0 Å². The van der Waals surface area contributed by atoms with Gasteiger partial charge in [0.15, 0.2) is 0 Å². The molecular weight excluding hydrogens is 264 g/mol. The van der Waals surface area contributed by atoms with Crippen LogP contribution in [0.15, 0.2) is 23.1 Å². The summed E-state index contributed by atoms with van der Waals surface area (Å²) in [5.74, 6) is 5.61. The first-order valence-corrected chi connectivity index (χ1v) is 7.24. The van der Waals surface area contributed by atoms with Crippen LogP contribution in [0, 0.1) is 18.8 Å². The van der Waals surface area contributed by atoms with E-state index in [2.05, 4.69) is 11.8 Å². The Hall–Kier alpha value is -1.39. The van der Waals surface area contributed by atoms with E-state index in [4.69, 9.17) is 10.8 Å². The van der Waals surface area contributed by atoms with Gasteiger partial charge in [-0.2, -0.15) is 4.31 Å². The number of benzene rings is 1. The second-order valence-electron chi connectivity index (χ2n) is 4.03. The second kappa shape index (κ2) is 6.68. The zero-order valence-corrected chi connectivity index (χ0v) is 11.9. The maximum absolute atomic E-state index is 12.2. The first kappa shape index (κ1) is 15.7. The molecule has 19 heavy (non-hydrogen) atoms. The molecule has 5 nitrogen and oxygen atoms in total. The molecule has 0 aliphatic rings. The Morgan fingerprint density at radius 3 is 2.63 bits per heavy atom. The molecule has 0 spiro atoms. The summed E-state index contributed by atoms with van der Waals surface area (Å²) in [6, 6.07) is 4.75. The highest BCUT2D eigenvalue weighted by atomic mass is 32.2. The van der Waals surface area contributed by atoms with Crippen molar-refractivity contribution in [1.29, 1.82) is 0 Å². The Labute approximate surface area is 114 Å². The van der Waals surface area contributed by atoms with Gasteiger partial charge in [0.05, 0.1) is 18.0 Å². The molecule has 1 aromatic rings. The van der Waals surface area contributed by atoms with Crippen LogP contribution in [0.4, 0.5) is 0 Å². The lowest BCUT2D eigenvalue weighted by atomic mass is 10.1. The SMILES string of the molecule is Cc1cc(S(=O)(=O)N(C)CCO)ccc1C#CCN. The molecular formula is C13H18N2O3S. The number of aliphatic hydroxyl groups is 1. The van der Waals surface area contributed by atoms with E-state index in [0.29, 0.717) is 0 Å². The van der Waals surface area contributed by atoms with Gasteiger partial charge in [-0.15, -0.1) is 0 Å². The molecule has 0 atom stereocenters. The smallest absolute Gasteiger partial charge is 0.242 e. The standard InChI is InChI=1S/C13H18N2O3S/c1-11-10-13(6-5-12(11)4-3-7-14)19(17,18)15(2)8-9-16/h5-6,10,16H,7-9,14H2,1-2H3. The fourth-order valence-electron chi connectivity index (χ4n) is 1.52. The van der Waals surface area contributed by atoms with E-state index in [0.717, 1.165) is 15.4 Å². The molecule has 3 N–H and O–H groups in total. The summed E-state index contributed by atoms with van der Waals surface area (Å²) in [7, 11) is -2.13. The third-order valence-corrected chi connectivity index (χ3v) is 4.50. The molecule has 0 amide bonds. The Kier molecular flexibility index (Phi) is 5.51. The third-order valence-electron chi connectivity index (χ3n) is 2.65. The lowest BCUT2D eigenvalue weighted by Gasteiger charge is -2.16. The van der Waals surface area contributed by atoms with Gasteiger partial charge in [0.2, 0.25) is 10.0 Å². The maximum Gasteiger partial charge on any atom is 0.242 e. The van der Waals surface area contributed by atoms with Crippen LogP contribution in [0.1, 0.15) is 11.1 Å². The highest BCUT2D eigenvalue weighted by Crippen LogP contribution is 2.18. The van der Waals surface area contributed by atoms with E-state index in [1.807, 2.05) is 0 Å². The summed E-state index contributed by atoms with van der Waals surface area (Å²) in [6.07, 6.45) is 0. The van der Waals surface area contributed by atoms with Crippen molar-refractivity contribution in [2.75, 3.05) is 26.7 Å². The lowest BCUT2D eigenvalue weighted by Crippen LogP contribution is -2.29. The fourth-order valence-corrected chi connectivity index (χ4v) is 2.77. The molecule has 1 rings (SSSR count). The minimum atomic E-state index is -3.56. The summed E-state index contributed by atoms with van der Waals surface area (Å²) >= 11 is 0. The summed E-state index contributed by atoms with van der Waals surface area (Å²) in [4.78, 5) is 0.194. The average Bonchev–Trinajstić information content (AvgIpc) is 2.37. The van der Waals surface area contributed by atoms with Crippen LogP contribution >= 0.6 is 0 Å². The van der Waals surface area contributed by atoms with Gasteiger partial charge in [-0.1, -0.05) is 11.8 Å². The Bertz CT molecular complexity index is 600. The van der Waals surface area contributed by atoms with Gasteiger partial charge in [-0.3, -0.25) is 0 Å². The number of nitrogens with zero attached hydrogens (tertiary/aromatic N) is 1. The molecule has 0 aliphatic heterocycles. The van der Waals surface area contributed by atoms with Crippen molar-refractivity contribution in [1.82, 2.24) is 4.31 Å². The number of hydrogen-bond donors (Lipinski definition) is 2. The molecule has 0 fully saturated rings. The summed E-state index contributed by atoms with van der Waals surface area (Å²) in [5, 5.41) is 8.81. The summed E-state index contributed by atoms with van der Waals surface area (Å²) in [5.41, 5.74) is 6.83. The molecule has 0 aliphatic carbocycles. The van der Waals surface area contributed by atoms with Gasteiger partial charge in [0.25, 0.3) is 0 Å². The number of sulfonamides is 1. The number of aliphatic hydroxyl groups excluding tert-OH is 1. The molecule has 0 saturated carbocycles. The molecule has 0 radical (unpaired) electrons. The van der Waals surface area contributed by atoms with E-state index in [9.17, 15) is 8.42 Å². The van der Waals surface area contributed by atoms with Gasteiger partial charge in [0, 0.05) is 19.2 Å². The lowest BCUT2D eigenvalue weighted by molar-refractivity contribution is 0.266. The molecule has 0 heterocycles. The van der Waals surface area contributed by atoms with E-state index >= 15 is 0 Å². The van der Waals surface area contributed by atoms with Crippen molar-refractivity contribution in [3.63, 3.8) is 0 Å². The number of nitrogens with two attached hydrogens (primary N) is 1. The van der Waals surface area contributed by atoms with E-state index in [1.165, 1.54) is 13.1 Å². The van der Waals surface area contributed by atoms with Crippen molar-refractivity contribution >= 4 is 10.0 Å². The minimum absolute atomic E-state index is 0.0656. The van der Waals surface area contributed by atoms with Crippen molar-refractivity contribution < 1.29 is 13.5 Å². The average molecular weight is 282 g/mol. The number of hydrogen-bond acceptors (Lipinski definition) is 4. The molecule has 6 heteroatoms. The highest BCUT2D eigenvalue weighted by Gasteiger charge is 2.20. The Morgan fingerprint density at radius 1 is 1.42 bits per heavy atom. The van der Waals surface area contributed by atoms with Crippen molar-refractivity contribution in [2.45, 2.75) is 11.8 Å². The molecule has 104 valence electrons. The largest absolute Gasteiger partial charge is 0.395 e. The number of aryl methyl sites for hydroxylation is 1. The maximum atomic E-state index is 12.2. The van der Waals surface area contributed by atoms with Gasteiger partial charge in [0.1, 0.15) is 0 Å². The Balaban J connectivity index is 3.14. The van der Waals surface area contributed by atoms with Crippen LogP contribution < -0.4 is 5.73 Å². The fraction of sp³-hybridized carbons (Fsp3) is 0.385. The predicted octanol–water partition coefficient (Wildman–Crippen LogP) is -0.0820. The van der Waals surface area contributed by atoms with Gasteiger partial charge in [-0.25, -0.2) is 8.42 Å². The summed E-state index contributed by atoms with van der Waals surface area (Å²) in [6.45, 7) is 1.91. The van der Waals surface area contributed by atoms with Crippen molar-refractivity contribution in [3.05, 3.63) is 29.3 Å². The zero-order valence-electron chi connectivity index (χ0n) is 11.0. The van der Waals surface area contributed by atoms with Crippen LogP contribution in [0.3, 0.4) is 0 Å². The topological polar surface area (TPSA) is 83.6 Å². The first-order chi connectivity index (χ1) is 8.93. The minimum Gasteiger partial charge on any atom is -0.395 e. The predicted molar refractivity (Wildman–Crippen MR) is 74.0 cm³/mol. The van der Waals surface area contributed by atoms with Gasteiger partial charge >= 0.3 is 0 Å². The second-order valence-corrected chi connectivity index (χ2v) is 6.08. The molecule has 0 unspecified atom stereocenters. The zero-order chi connectivity index (χ0) is 14.5. The molecule has 0 saturated heterocycles.